The summed E-state index contributed by atoms with van der Waals surface area (Å²) in [6.07, 6.45) is 11.7. The Hall–Kier alpha value is -0.0800. The number of hydrogen-bond acceptors (Lipinski definition) is 2. The number of ether oxygens (including phenoxy) is 1. The van der Waals surface area contributed by atoms with Crippen LogP contribution in [0.1, 0.15) is 51.4 Å². The lowest BCUT2D eigenvalue weighted by Gasteiger charge is -2.24. The Morgan fingerprint density at radius 3 is 2.71 bits per heavy atom. The van der Waals surface area contributed by atoms with Crippen molar-refractivity contribution in [2.75, 3.05) is 13.7 Å². The van der Waals surface area contributed by atoms with E-state index in [1.54, 1.807) is 6.42 Å². The highest BCUT2D eigenvalue weighted by Crippen LogP contribution is 2.55. The fourth-order valence-corrected chi connectivity index (χ4v) is 4.14. The van der Waals surface area contributed by atoms with Crippen molar-refractivity contribution >= 4 is 0 Å². The Kier molecular flexibility index (Phi) is 3.72. The maximum absolute atomic E-state index is 5.70. The van der Waals surface area contributed by atoms with Gasteiger partial charge in [0.05, 0.1) is 6.10 Å². The van der Waals surface area contributed by atoms with Crippen molar-refractivity contribution in [1.29, 1.82) is 0 Å². The number of nitrogens with one attached hydrogen (secondary N) is 1. The number of rotatable bonds is 6. The normalized spacial score (nSPS) is 41.5. The Bertz CT molecular complexity index is 239. The van der Waals surface area contributed by atoms with Crippen LogP contribution < -0.4 is 5.32 Å². The molecule has 0 aromatic carbocycles. The molecule has 0 aromatic heterocycles. The van der Waals surface area contributed by atoms with Crippen LogP contribution in [0.3, 0.4) is 0 Å². The van der Waals surface area contributed by atoms with E-state index >= 15 is 0 Å². The highest BCUT2D eigenvalue weighted by molar-refractivity contribution is 4.99. The standard InChI is InChI=1S/C15H27NO/c1-16-15(13-9-11-8-12(11)10-13)6-2-4-14-5-3-7-17-14/h11-16H,2-10H2,1H3. The summed E-state index contributed by atoms with van der Waals surface area (Å²) in [5.41, 5.74) is 0. The molecular formula is C15H27NO. The summed E-state index contributed by atoms with van der Waals surface area (Å²) in [6, 6.07) is 0.782. The molecule has 0 amide bonds. The molecule has 3 fully saturated rings. The monoisotopic (exact) mass is 237 g/mol. The molecule has 0 aromatic rings. The van der Waals surface area contributed by atoms with E-state index in [-0.39, 0.29) is 0 Å². The molecule has 1 aliphatic heterocycles. The lowest BCUT2D eigenvalue weighted by atomic mass is 9.90. The van der Waals surface area contributed by atoms with Gasteiger partial charge in [-0.05, 0) is 76.2 Å². The Labute approximate surface area is 105 Å². The van der Waals surface area contributed by atoms with Crippen molar-refractivity contribution in [3.63, 3.8) is 0 Å². The van der Waals surface area contributed by atoms with Gasteiger partial charge in [0, 0.05) is 12.6 Å². The first kappa shape index (κ1) is 12.0. The average Bonchev–Trinajstić information content (AvgIpc) is 2.81. The van der Waals surface area contributed by atoms with Crippen LogP contribution in [-0.2, 0) is 4.74 Å². The van der Waals surface area contributed by atoms with Crippen molar-refractivity contribution in [3.05, 3.63) is 0 Å². The summed E-state index contributed by atoms with van der Waals surface area (Å²) >= 11 is 0. The number of fused-ring (bicyclic) bond motifs is 1. The van der Waals surface area contributed by atoms with Crippen molar-refractivity contribution in [2.45, 2.75) is 63.5 Å². The largest absolute Gasteiger partial charge is 0.378 e. The average molecular weight is 237 g/mol. The van der Waals surface area contributed by atoms with Gasteiger partial charge in [0.25, 0.3) is 0 Å². The number of hydrogen-bond donors (Lipinski definition) is 1. The molecule has 3 rings (SSSR count). The summed E-state index contributed by atoms with van der Waals surface area (Å²) in [6.45, 7) is 1.01. The van der Waals surface area contributed by atoms with Crippen molar-refractivity contribution in [1.82, 2.24) is 5.32 Å². The van der Waals surface area contributed by atoms with Gasteiger partial charge in [0.2, 0.25) is 0 Å². The second-order valence-corrected chi connectivity index (χ2v) is 6.45. The predicted molar refractivity (Wildman–Crippen MR) is 70.0 cm³/mol. The zero-order chi connectivity index (χ0) is 11.7. The topological polar surface area (TPSA) is 21.3 Å². The van der Waals surface area contributed by atoms with E-state index in [4.69, 9.17) is 4.74 Å². The van der Waals surface area contributed by atoms with Gasteiger partial charge >= 0.3 is 0 Å². The highest BCUT2D eigenvalue weighted by Gasteiger charge is 2.47. The summed E-state index contributed by atoms with van der Waals surface area (Å²) in [4.78, 5) is 0. The summed E-state index contributed by atoms with van der Waals surface area (Å²) in [5.74, 6) is 3.22. The maximum atomic E-state index is 5.70. The van der Waals surface area contributed by atoms with Crippen LogP contribution in [-0.4, -0.2) is 25.8 Å². The molecule has 1 heterocycles. The quantitative estimate of drug-likeness (QED) is 0.767. The van der Waals surface area contributed by atoms with E-state index in [1.807, 2.05) is 0 Å². The third-order valence-electron chi connectivity index (χ3n) is 5.29. The third kappa shape index (κ3) is 2.85. The van der Waals surface area contributed by atoms with Crippen molar-refractivity contribution in [3.8, 4) is 0 Å². The van der Waals surface area contributed by atoms with E-state index in [9.17, 15) is 0 Å². The van der Waals surface area contributed by atoms with Crippen LogP contribution in [0.2, 0.25) is 0 Å². The fourth-order valence-electron chi connectivity index (χ4n) is 4.14. The fraction of sp³-hybridized carbons (Fsp3) is 1.00. The minimum atomic E-state index is 0.587. The van der Waals surface area contributed by atoms with Gasteiger partial charge in [-0.15, -0.1) is 0 Å². The van der Waals surface area contributed by atoms with Gasteiger partial charge in [0.15, 0.2) is 0 Å². The Balaban J connectivity index is 1.36. The van der Waals surface area contributed by atoms with Crippen molar-refractivity contribution < 1.29 is 4.74 Å². The lowest BCUT2D eigenvalue weighted by molar-refractivity contribution is 0.100. The van der Waals surface area contributed by atoms with Crippen molar-refractivity contribution in [2.24, 2.45) is 17.8 Å². The SMILES string of the molecule is CNC(CCCC1CCCO1)C1CC2CC2C1. The Morgan fingerprint density at radius 1 is 1.24 bits per heavy atom. The first-order valence-electron chi connectivity index (χ1n) is 7.65. The molecule has 0 radical (unpaired) electrons. The third-order valence-corrected chi connectivity index (χ3v) is 5.29. The molecule has 4 unspecified atom stereocenters. The first-order chi connectivity index (χ1) is 8.36. The highest BCUT2D eigenvalue weighted by atomic mass is 16.5. The molecule has 98 valence electrons. The van der Waals surface area contributed by atoms with E-state index < -0.39 is 0 Å². The zero-order valence-electron chi connectivity index (χ0n) is 11.2. The predicted octanol–water partition coefficient (Wildman–Crippen LogP) is 2.97. The van der Waals surface area contributed by atoms with Gasteiger partial charge in [-0.1, -0.05) is 0 Å². The molecule has 1 saturated heterocycles. The van der Waals surface area contributed by atoms with Crippen LogP contribution in [0.5, 0.6) is 0 Å². The minimum absolute atomic E-state index is 0.587. The van der Waals surface area contributed by atoms with Crippen LogP contribution in [0.15, 0.2) is 0 Å². The second-order valence-electron chi connectivity index (χ2n) is 6.45. The molecular weight excluding hydrogens is 210 g/mol. The minimum Gasteiger partial charge on any atom is -0.378 e. The summed E-state index contributed by atoms with van der Waals surface area (Å²) in [7, 11) is 2.15. The van der Waals surface area contributed by atoms with E-state index in [2.05, 4.69) is 12.4 Å². The second kappa shape index (κ2) is 5.27. The van der Waals surface area contributed by atoms with Crippen LogP contribution >= 0.6 is 0 Å². The molecule has 0 bridgehead atoms. The molecule has 2 saturated carbocycles. The lowest BCUT2D eigenvalue weighted by Crippen LogP contribution is -2.33. The Morgan fingerprint density at radius 2 is 2.06 bits per heavy atom. The molecule has 2 aliphatic carbocycles. The zero-order valence-corrected chi connectivity index (χ0v) is 11.2. The van der Waals surface area contributed by atoms with Crippen LogP contribution in [0, 0.1) is 17.8 Å². The van der Waals surface area contributed by atoms with Crippen LogP contribution in [0.4, 0.5) is 0 Å². The van der Waals surface area contributed by atoms with Gasteiger partial charge in [-0.25, -0.2) is 0 Å². The molecule has 1 N–H and O–H groups in total. The molecule has 2 heteroatoms. The van der Waals surface area contributed by atoms with Gasteiger partial charge in [-0.3, -0.25) is 0 Å². The summed E-state index contributed by atoms with van der Waals surface area (Å²) in [5, 5.41) is 3.57. The summed E-state index contributed by atoms with van der Waals surface area (Å²) < 4.78 is 5.70. The molecule has 4 atom stereocenters. The van der Waals surface area contributed by atoms with E-state index in [1.165, 1.54) is 44.9 Å². The van der Waals surface area contributed by atoms with Gasteiger partial charge < -0.3 is 10.1 Å². The molecule has 2 nitrogen and oxygen atoms in total. The molecule has 0 spiro atoms. The smallest absolute Gasteiger partial charge is 0.0576 e. The maximum Gasteiger partial charge on any atom is 0.0576 e. The molecule has 3 aliphatic rings. The van der Waals surface area contributed by atoms with E-state index in [0.29, 0.717) is 6.10 Å². The van der Waals surface area contributed by atoms with E-state index in [0.717, 1.165) is 30.4 Å². The van der Waals surface area contributed by atoms with Gasteiger partial charge in [-0.2, -0.15) is 0 Å². The van der Waals surface area contributed by atoms with Gasteiger partial charge in [0.1, 0.15) is 0 Å². The molecule has 17 heavy (non-hydrogen) atoms. The van der Waals surface area contributed by atoms with Crippen LogP contribution in [0.25, 0.3) is 0 Å². The first-order valence-corrected chi connectivity index (χ1v) is 7.65.